The van der Waals surface area contributed by atoms with Crippen molar-refractivity contribution in [2.24, 2.45) is 0 Å². The van der Waals surface area contributed by atoms with E-state index in [1.54, 1.807) is 4.90 Å². The number of sulfonamides is 1. The zero-order chi connectivity index (χ0) is 27.7. The molecular formula is C23H24ClF4N7O2S. The Labute approximate surface area is 221 Å². The van der Waals surface area contributed by atoms with Gasteiger partial charge >= 0.3 is 6.18 Å². The Morgan fingerprint density at radius 1 is 1.13 bits per heavy atom. The first kappa shape index (κ1) is 27.8. The van der Waals surface area contributed by atoms with Gasteiger partial charge in [-0.05, 0) is 50.8 Å². The Hall–Kier alpha value is -3.23. The Morgan fingerprint density at radius 3 is 2.55 bits per heavy atom. The predicted octanol–water partition coefficient (Wildman–Crippen LogP) is 4.10. The number of nitrogens with zero attached hydrogens (tertiary/aromatic N) is 5. The molecule has 2 atom stereocenters. The van der Waals surface area contributed by atoms with Crippen LogP contribution in [0.3, 0.4) is 0 Å². The fourth-order valence-corrected chi connectivity index (χ4v) is 5.57. The lowest BCUT2D eigenvalue weighted by Crippen LogP contribution is -2.56. The summed E-state index contributed by atoms with van der Waals surface area (Å²) in [6.07, 6.45) is -0.414. The van der Waals surface area contributed by atoms with E-state index in [1.807, 2.05) is 19.0 Å². The van der Waals surface area contributed by atoms with Gasteiger partial charge in [0.25, 0.3) is 10.0 Å². The molecule has 1 fully saturated rings. The fourth-order valence-electron chi connectivity index (χ4n) is 4.19. The first-order valence-electron chi connectivity index (χ1n) is 11.3. The second-order valence-electron chi connectivity index (χ2n) is 8.88. The maximum absolute atomic E-state index is 15.0. The molecule has 4 rings (SSSR count). The molecule has 1 aliphatic rings. The summed E-state index contributed by atoms with van der Waals surface area (Å²) in [5, 5.41) is 3.16. The summed E-state index contributed by atoms with van der Waals surface area (Å²) < 4.78 is 82.1. The molecule has 38 heavy (non-hydrogen) atoms. The predicted molar refractivity (Wildman–Crippen MR) is 135 cm³/mol. The lowest BCUT2D eigenvalue weighted by molar-refractivity contribution is -0.137. The van der Waals surface area contributed by atoms with E-state index in [0.29, 0.717) is 19.5 Å². The number of hydrogen-bond acceptors (Lipinski definition) is 8. The van der Waals surface area contributed by atoms with Gasteiger partial charge < -0.3 is 15.1 Å². The van der Waals surface area contributed by atoms with Gasteiger partial charge in [0.1, 0.15) is 28.7 Å². The second-order valence-corrected chi connectivity index (χ2v) is 10.9. The van der Waals surface area contributed by atoms with Crippen molar-refractivity contribution < 1.29 is 26.0 Å². The highest BCUT2D eigenvalue weighted by molar-refractivity contribution is 7.92. The number of pyridine rings is 1. The average molecular weight is 574 g/mol. The van der Waals surface area contributed by atoms with E-state index >= 15 is 0 Å². The molecule has 1 aliphatic heterocycles. The summed E-state index contributed by atoms with van der Waals surface area (Å²) in [5.41, 5.74) is -0.594. The van der Waals surface area contributed by atoms with E-state index in [4.69, 9.17) is 11.6 Å². The maximum Gasteiger partial charge on any atom is 0.416 e. The van der Waals surface area contributed by atoms with Crippen LogP contribution in [-0.2, 0) is 16.2 Å². The summed E-state index contributed by atoms with van der Waals surface area (Å²) in [7, 11) is -0.685. The first-order chi connectivity index (χ1) is 17.8. The Bertz CT molecular complexity index is 1390. The van der Waals surface area contributed by atoms with Gasteiger partial charge in [-0.25, -0.2) is 27.8 Å². The van der Waals surface area contributed by atoms with Crippen LogP contribution in [0, 0.1) is 5.82 Å². The Kier molecular flexibility index (Phi) is 7.95. The molecule has 3 aromatic rings. The minimum absolute atomic E-state index is 0.0195. The molecule has 0 bridgehead atoms. The zero-order valence-corrected chi connectivity index (χ0v) is 21.8. The number of piperidine rings is 1. The standard InChI is InChI=1S/C23H24ClF4N7O2S/c1-34(2)19-12-35(22-9-14(3-7-30-22)23(26,27)28)8-5-17(19)32-18-11-16(25)20(10-15(18)24)38(36,37)33-21-4-6-29-13-31-21/h3-4,6-7,9-11,13,17,19,32H,5,8,12H2,1-2H3,(H,29,31,33)/t17-,19-/m0/s1. The Morgan fingerprint density at radius 2 is 1.89 bits per heavy atom. The van der Waals surface area contributed by atoms with E-state index in [9.17, 15) is 26.0 Å². The molecule has 0 unspecified atom stereocenters. The first-order valence-corrected chi connectivity index (χ1v) is 13.2. The van der Waals surface area contributed by atoms with Crippen molar-refractivity contribution in [2.75, 3.05) is 42.1 Å². The van der Waals surface area contributed by atoms with Gasteiger partial charge in [-0.15, -0.1) is 0 Å². The molecule has 15 heteroatoms. The molecular weight excluding hydrogens is 550 g/mol. The molecule has 0 spiro atoms. The van der Waals surface area contributed by atoms with Crippen molar-refractivity contribution in [1.29, 1.82) is 0 Å². The molecule has 1 saturated heterocycles. The minimum atomic E-state index is -4.48. The smallest absolute Gasteiger partial charge is 0.379 e. The number of hydrogen-bond donors (Lipinski definition) is 2. The van der Waals surface area contributed by atoms with Gasteiger partial charge in [-0.1, -0.05) is 11.6 Å². The van der Waals surface area contributed by atoms with Crippen LogP contribution in [0.25, 0.3) is 0 Å². The normalized spacial score (nSPS) is 18.5. The number of rotatable bonds is 7. The summed E-state index contributed by atoms with van der Waals surface area (Å²) in [4.78, 5) is 14.6. The lowest BCUT2D eigenvalue weighted by atomic mass is 9.97. The van der Waals surface area contributed by atoms with Crippen LogP contribution in [0.1, 0.15) is 12.0 Å². The quantitative estimate of drug-likeness (QED) is 0.407. The fraction of sp³-hybridized carbons (Fsp3) is 0.348. The van der Waals surface area contributed by atoms with E-state index in [2.05, 4.69) is 25.0 Å². The number of nitrogens with one attached hydrogen (secondary N) is 2. The van der Waals surface area contributed by atoms with Crippen molar-refractivity contribution >= 4 is 38.9 Å². The van der Waals surface area contributed by atoms with E-state index in [-0.39, 0.29) is 34.4 Å². The highest BCUT2D eigenvalue weighted by Gasteiger charge is 2.35. The number of anilines is 3. The average Bonchev–Trinajstić information content (AvgIpc) is 2.86. The van der Waals surface area contributed by atoms with Crippen molar-refractivity contribution in [2.45, 2.75) is 29.6 Å². The van der Waals surface area contributed by atoms with Gasteiger partial charge in [0.2, 0.25) is 0 Å². The molecule has 0 aliphatic carbocycles. The number of alkyl halides is 3. The molecule has 0 saturated carbocycles. The van der Waals surface area contributed by atoms with Crippen molar-refractivity contribution in [1.82, 2.24) is 19.9 Å². The molecule has 2 N–H and O–H groups in total. The van der Waals surface area contributed by atoms with Crippen LogP contribution in [0.4, 0.5) is 34.9 Å². The molecule has 2 aromatic heterocycles. The summed E-state index contributed by atoms with van der Waals surface area (Å²) >= 11 is 6.35. The maximum atomic E-state index is 15.0. The van der Waals surface area contributed by atoms with Crippen LogP contribution in [0.5, 0.6) is 0 Å². The van der Waals surface area contributed by atoms with Crippen LogP contribution in [0.15, 0.2) is 53.9 Å². The van der Waals surface area contributed by atoms with Crippen molar-refractivity contribution in [3.05, 3.63) is 65.5 Å². The second kappa shape index (κ2) is 10.9. The molecule has 0 amide bonds. The largest absolute Gasteiger partial charge is 0.416 e. The van der Waals surface area contributed by atoms with E-state index in [0.717, 1.165) is 36.8 Å². The zero-order valence-electron chi connectivity index (χ0n) is 20.2. The molecule has 3 heterocycles. The number of benzene rings is 1. The number of halogens is 5. The van der Waals surface area contributed by atoms with E-state index in [1.165, 1.54) is 12.3 Å². The summed E-state index contributed by atoms with van der Waals surface area (Å²) in [6.45, 7) is 0.722. The molecule has 204 valence electrons. The van der Waals surface area contributed by atoms with Gasteiger partial charge in [0.05, 0.1) is 16.3 Å². The van der Waals surface area contributed by atoms with Gasteiger partial charge in [-0.3, -0.25) is 4.72 Å². The van der Waals surface area contributed by atoms with Crippen LogP contribution in [-0.4, -0.2) is 67.5 Å². The van der Waals surface area contributed by atoms with Crippen LogP contribution in [0.2, 0.25) is 5.02 Å². The lowest BCUT2D eigenvalue weighted by Gasteiger charge is -2.43. The van der Waals surface area contributed by atoms with E-state index < -0.39 is 32.5 Å². The highest BCUT2D eigenvalue weighted by atomic mass is 35.5. The van der Waals surface area contributed by atoms with Crippen molar-refractivity contribution in [3.63, 3.8) is 0 Å². The van der Waals surface area contributed by atoms with Crippen LogP contribution >= 0.6 is 11.6 Å². The molecule has 1 aromatic carbocycles. The van der Waals surface area contributed by atoms with Crippen molar-refractivity contribution in [3.8, 4) is 0 Å². The minimum Gasteiger partial charge on any atom is -0.379 e. The number of likely N-dealkylation sites (N-methyl/N-ethyl adjacent to an activating group) is 1. The SMILES string of the molecule is CN(C)[C@H]1CN(c2cc(C(F)(F)F)ccn2)CC[C@@H]1Nc1cc(F)c(S(=O)(=O)Nc2ccncn2)cc1Cl. The summed E-state index contributed by atoms with van der Waals surface area (Å²) in [6, 6.07) is 4.77. The van der Waals surface area contributed by atoms with Gasteiger partial charge in [0, 0.05) is 37.6 Å². The highest BCUT2D eigenvalue weighted by Crippen LogP contribution is 2.33. The third kappa shape index (κ3) is 6.25. The van der Waals surface area contributed by atoms with Crippen LogP contribution < -0.4 is 14.9 Å². The summed E-state index contributed by atoms with van der Waals surface area (Å²) in [5.74, 6) is -0.848. The van der Waals surface area contributed by atoms with Gasteiger partial charge in [0.15, 0.2) is 0 Å². The molecule has 0 radical (unpaired) electrons. The topological polar surface area (TPSA) is 103 Å². The molecule has 9 nitrogen and oxygen atoms in total. The number of aromatic nitrogens is 3. The Balaban J connectivity index is 1.52. The third-order valence-corrected chi connectivity index (χ3v) is 7.80. The monoisotopic (exact) mass is 573 g/mol. The third-order valence-electron chi connectivity index (χ3n) is 6.11. The van der Waals surface area contributed by atoms with Gasteiger partial charge in [-0.2, -0.15) is 13.2 Å².